The quantitative estimate of drug-likeness (QED) is 0.258. The van der Waals surface area contributed by atoms with Gasteiger partial charge in [0.2, 0.25) is 23.6 Å². The SMILES string of the molecule is CC[C@H](C)[C@H](NC(=O)Cc1ccccc1)C(=O)NCC(=O)N1CC(c2ccccc2)CC1C(=O)NCc1nn[nH]n1. The molecular weight excluding hydrogens is 524 g/mol. The molecule has 0 aliphatic carbocycles. The van der Waals surface area contributed by atoms with E-state index in [2.05, 4.69) is 36.6 Å². The van der Waals surface area contributed by atoms with Crippen molar-refractivity contribution in [1.82, 2.24) is 41.5 Å². The molecule has 0 bridgehead atoms. The van der Waals surface area contributed by atoms with Gasteiger partial charge in [0.1, 0.15) is 12.1 Å². The third-order valence-corrected chi connectivity index (χ3v) is 7.44. The number of aromatic nitrogens is 4. The zero-order valence-electron chi connectivity index (χ0n) is 23.2. The van der Waals surface area contributed by atoms with Crippen LogP contribution in [0.4, 0.5) is 0 Å². The van der Waals surface area contributed by atoms with Crippen LogP contribution >= 0.6 is 0 Å². The van der Waals surface area contributed by atoms with Crippen molar-refractivity contribution >= 4 is 23.6 Å². The molecule has 12 nitrogen and oxygen atoms in total. The van der Waals surface area contributed by atoms with Gasteiger partial charge in [-0.05, 0) is 23.5 Å². The third-order valence-electron chi connectivity index (χ3n) is 7.44. The number of carbonyl (C=O) groups is 4. The topological polar surface area (TPSA) is 162 Å². The number of benzene rings is 2. The summed E-state index contributed by atoms with van der Waals surface area (Å²) in [5.74, 6) is -1.29. The van der Waals surface area contributed by atoms with Gasteiger partial charge in [-0.15, -0.1) is 10.2 Å². The molecule has 4 atom stereocenters. The Labute approximate surface area is 238 Å². The fraction of sp³-hybridized carbons (Fsp3) is 0.414. The number of carbonyl (C=O) groups excluding carboxylic acids is 4. The number of aromatic amines is 1. The first-order chi connectivity index (χ1) is 19.9. The maximum absolute atomic E-state index is 13.4. The van der Waals surface area contributed by atoms with Crippen molar-refractivity contribution in [3.05, 3.63) is 77.6 Å². The van der Waals surface area contributed by atoms with Crippen molar-refractivity contribution in [2.45, 2.75) is 57.7 Å². The average molecular weight is 561 g/mol. The zero-order chi connectivity index (χ0) is 29.2. The summed E-state index contributed by atoms with van der Waals surface area (Å²) in [5.41, 5.74) is 1.87. The van der Waals surface area contributed by atoms with Gasteiger partial charge in [0.25, 0.3) is 0 Å². The fourth-order valence-electron chi connectivity index (χ4n) is 4.95. The van der Waals surface area contributed by atoms with E-state index in [1.807, 2.05) is 74.5 Å². The second-order valence-corrected chi connectivity index (χ2v) is 10.3. The molecule has 0 saturated carbocycles. The molecule has 1 saturated heterocycles. The van der Waals surface area contributed by atoms with Gasteiger partial charge < -0.3 is 20.9 Å². The minimum Gasteiger partial charge on any atom is -0.347 e. The second kappa shape index (κ2) is 14.1. The number of nitrogens with one attached hydrogen (secondary N) is 4. The molecule has 41 heavy (non-hydrogen) atoms. The van der Waals surface area contributed by atoms with Gasteiger partial charge in [0.05, 0.1) is 19.5 Å². The summed E-state index contributed by atoms with van der Waals surface area (Å²) in [6.07, 6.45) is 1.24. The van der Waals surface area contributed by atoms with E-state index in [9.17, 15) is 19.2 Å². The molecule has 1 fully saturated rings. The first kappa shape index (κ1) is 29.4. The van der Waals surface area contributed by atoms with E-state index >= 15 is 0 Å². The Hall–Kier alpha value is -4.61. The molecule has 4 rings (SSSR count). The second-order valence-electron chi connectivity index (χ2n) is 10.3. The van der Waals surface area contributed by atoms with Gasteiger partial charge in [-0.1, -0.05) is 86.1 Å². The molecule has 12 heteroatoms. The predicted molar refractivity (Wildman–Crippen MR) is 150 cm³/mol. The first-order valence-electron chi connectivity index (χ1n) is 13.8. The molecule has 1 aromatic heterocycles. The van der Waals surface area contributed by atoms with Crippen LogP contribution in [-0.4, -0.2) is 74.3 Å². The molecule has 1 aliphatic heterocycles. The van der Waals surface area contributed by atoms with Crippen LogP contribution in [0.5, 0.6) is 0 Å². The molecule has 2 heterocycles. The lowest BCUT2D eigenvalue weighted by Gasteiger charge is -2.26. The van der Waals surface area contributed by atoms with Crippen molar-refractivity contribution < 1.29 is 19.2 Å². The van der Waals surface area contributed by atoms with Crippen LogP contribution in [0, 0.1) is 5.92 Å². The summed E-state index contributed by atoms with van der Waals surface area (Å²) in [6.45, 7) is 3.92. The number of hydrogen-bond donors (Lipinski definition) is 4. The smallest absolute Gasteiger partial charge is 0.243 e. The largest absolute Gasteiger partial charge is 0.347 e. The van der Waals surface area contributed by atoms with Crippen molar-refractivity contribution in [2.24, 2.45) is 5.92 Å². The summed E-state index contributed by atoms with van der Waals surface area (Å²) < 4.78 is 0. The molecule has 3 aromatic rings. The van der Waals surface area contributed by atoms with E-state index in [-0.39, 0.29) is 49.1 Å². The molecule has 0 radical (unpaired) electrons. The Morgan fingerprint density at radius 1 is 1.02 bits per heavy atom. The zero-order valence-corrected chi connectivity index (χ0v) is 23.2. The summed E-state index contributed by atoms with van der Waals surface area (Å²) >= 11 is 0. The van der Waals surface area contributed by atoms with Gasteiger partial charge in [-0.2, -0.15) is 5.21 Å². The van der Waals surface area contributed by atoms with Crippen molar-refractivity contribution in [3.63, 3.8) is 0 Å². The number of hydrogen-bond acceptors (Lipinski definition) is 7. The van der Waals surface area contributed by atoms with E-state index in [0.717, 1.165) is 11.1 Å². The molecule has 2 unspecified atom stereocenters. The Balaban J connectivity index is 1.40. The van der Waals surface area contributed by atoms with Gasteiger partial charge in [-0.3, -0.25) is 19.2 Å². The Morgan fingerprint density at radius 3 is 2.39 bits per heavy atom. The van der Waals surface area contributed by atoms with Gasteiger partial charge in [-0.25, -0.2) is 0 Å². The minimum atomic E-state index is -0.797. The standard InChI is InChI=1S/C29H36N8O4/c1-3-19(2)27(32-25(38)14-20-10-6-4-7-11-20)29(41)31-17-26(39)37-18-22(21-12-8-5-9-13-21)15-23(37)28(40)30-16-24-33-35-36-34-24/h4-13,19,22-23,27H,3,14-18H2,1-2H3,(H,30,40)(H,31,41)(H,32,38)(H,33,34,35,36)/t19-,22?,23?,27-/m0/s1. The summed E-state index contributed by atoms with van der Waals surface area (Å²) in [4.78, 5) is 54.0. The number of likely N-dealkylation sites (tertiary alicyclic amines) is 1. The average Bonchev–Trinajstić information content (AvgIpc) is 3.69. The highest BCUT2D eigenvalue weighted by molar-refractivity contribution is 5.93. The van der Waals surface area contributed by atoms with Crippen LogP contribution in [0.25, 0.3) is 0 Å². The summed E-state index contributed by atoms with van der Waals surface area (Å²) in [5, 5.41) is 21.8. The van der Waals surface area contributed by atoms with E-state index in [4.69, 9.17) is 0 Å². The van der Waals surface area contributed by atoms with Crippen molar-refractivity contribution in [1.29, 1.82) is 0 Å². The number of nitrogens with zero attached hydrogens (tertiary/aromatic N) is 4. The number of rotatable bonds is 12. The van der Waals surface area contributed by atoms with Crippen LogP contribution in [0.1, 0.15) is 49.6 Å². The maximum atomic E-state index is 13.4. The van der Waals surface area contributed by atoms with Crippen LogP contribution in [0.2, 0.25) is 0 Å². The van der Waals surface area contributed by atoms with Crippen LogP contribution in [-0.2, 0) is 32.1 Å². The normalized spacial score (nSPS) is 17.9. The van der Waals surface area contributed by atoms with Gasteiger partial charge in [0.15, 0.2) is 5.82 Å². The third kappa shape index (κ3) is 7.96. The Morgan fingerprint density at radius 2 is 1.73 bits per heavy atom. The fourth-order valence-corrected chi connectivity index (χ4v) is 4.95. The lowest BCUT2D eigenvalue weighted by atomic mass is 9.96. The highest BCUT2D eigenvalue weighted by Crippen LogP contribution is 2.32. The molecule has 4 N–H and O–H groups in total. The van der Waals surface area contributed by atoms with Crippen molar-refractivity contribution in [3.8, 4) is 0 Å². The highest BCUT2D eigenvalue weighted by Gasteiger charge is 2.40. The van der Waals surface area contributed by atoms with E-state index in [0.29, 0.717) is 25.2 Å². The molecular formula is C29H36N8O4. The van der Waals surface area contributed by atoms with Crippen LogP contribution in [0.3, 0.4) is 0 Å². The lowest BCUT2D eigenvalue weighted by Crippen LogP contribution is -2.53. The van der Waals surface area contributed by atoms with Gasteiger partial charge >= 0.3 is 0 Å². The predicted octanol–water partition coefficient (Wildman–Crippen LogP) is 1.09. The molecule has 216 valence electrons. The number of tetrazole rings is 1. The number of H-pyrrole nitrogens is 1. The van der Waals surface area contributed by atoms with Crippen LogP contribution in [0.15, 0.2) is 60.7 Å². The van der Waals surface area contributed by atoms with Gasteiger partial charge in [0, 0.05) is 12.5 Å². The molecule has 4 amide bonds. The lowest BCUT2D eigenvalue weighted by molar-refractivity contribution is -0.139. The molecule has 0 spiro atoms. The monoisotopic (exact) mass is 560 g/mol. The Kier molecular flexibility index (Phi) is 10.1. The first-order valence-corrected chi connectivity index (χ1v) is 13.8. The van der Waals surface area contributed by atoms with Crippen molar-refractivity contribution in [2.75, 3.05) is 13.1 Å². The molecule has 1 aliphatic rings. The highest BCUT2D eigenvalue weighted by atomic mass is 16.2. The maximum Gasteiger partial charge on any atom is 0.243 e. The summed E-state index contributed by atoms with van der Waals surface area (Å²) in [7, 11) is 0. The Bertz CT molecular complexity index is 1300. The van der Waals surface area contributed by atoms with E-state index < -0.39 is 18.0 Å². The molecule has 2 aromatic carbocycles. The minimum absolute atomic E-state index is 0.0399. The summed E-state index contributed by atoms with van der Waals surface area (Å²) in [6, 6.07) is 17.5. The van der Waals surface area contributed by atoms with E-state index in [1.165, 1.54) is 4.90 Å². The van der Waals surface area contributed by atoms with Crippen LogP contribution < -0.4 is 16.0 Å². The van der Waals surface area contributed by atoms with E-state index in [1.54, 1.807) is 0 Å². The number of amides is 4.